The van der Waals surface area contributed by atoms with Gasteiger partial charge in [0.1, 0.15) is 18.8 Å². The molecule has 1 amide bonds. The van der Waals surface area contributed by atoms with Crippen LogP contribution in [0.5, 0.6) is 0 Å². The first-order valence-corrected chi connectivity index (χ1v) is 29.0. The number of carbonyl (C=O) groups excluding carboxylic acids is 7. The number of nitrogens with zero attached hydrogens (tertiary/aromatic N) is 2. The SMILES string of the molecule is CCCCCCCCC(=O)OCC(COC(=O)CCCCCCCC)CC(=O)OC[C@@H]1C[C@@H](OC(=O)CC(COC(=O)CCCCCCCC)COC(=O)CCCCCCCC)CN1C(=O)OC1CCN(C)C1. The van der Waals surface area contributed by atoms with E-state index in [9.17, 15) is 33.6 Å². The highest BCUT2D eigenvalue weighted by Gasteiger charge is 2.41. The van der Waals surface area contributed by atoms with Gasteiger partial charge in [-0.05, 0) is 39.2 Å². The van der Waals surface area contributed by atoms with Crippen molar-refractivity contribution in [2.75, 3.05) is 59.7 Å². The lowest BCUT2D eigenvalue weighted by Crippen LogP contribution is -2.41. The molecule has 2 heterocycles. The monoisotopic (exact) mass is 1040 g/mol. The van der Waals surface area contributed by atoms with E-state index in [2.05, 4.69) is 32.6 Å². The molecular weight excluding hydrogens is 937 g/mol. The van der Waals surface area contributed by atoms with Crippen molar-refractivity contribution in [3.63, 3.8) is 0 Å². The molecule has 3 atom stereocenters. The normalized spacial score (nSPS) is 16.7. The molecule has 2 rings (SSSR count). The molecule has 16 nitrogen and oxygen atoms in total. The van der Waals surface area contributed by atoms with Gasteiger partial charge >= 0.3 is 41.9 Å². The van der Waals surface area contributed by atoms with E-state index in [1.165, 1.54) is 4.90 Å². The number of amides is 1. The molecule has 0 saturated carbocycles. The molecular formula is C57H100N2O14. The van der Waals surface area contributed by atoms with E-state index in [0.29, 0.717) is 38.6 Å². The first-order chi connectivity index (χ1) is 35.4. The largest absolute Gasteiger partial charge is 0.465 e. The molecule has 0 N–H and O–H groups in total. The molecule has 0 aromatic rings. The molecule has 0 bridgehead atoms. The van der Waals surface area contributed by atoms with Gasteiger partial charge in [-0.3, -0.25) is 33.7 Å². The Hall–Kier alpha value is -3.95. The van der Waals surface area contributed by atoms with Gasteiger partial charge in [-0.15, -0.1) is 0 Å². The van der Waals surface area contributed by atoms with Crippen LogP contribution in [0, 0.1) is 11.8 Å². The molecule has 0 spiro atoms. The second-order valence-electron chi connectivity index (χ2n) is 20.8. The molecule has 0 aromatic heterocycles. The minimum absolute atomic E-state index is 0.00770. The van der Waals surface area contributed by atoms with Gasteiger partial charge in [0.2, 0.25) is 0 Å². The first-order valence-electron chi connectivity index (χ1n) is 29.0. The van der Waals surface area contributed by atoms with Crippen LogP contribution in [0.3, 0.4) is 0 Å². The lowest BCUT2D eigenvalue weighted by Gasteiger charge is -2.25. The molecule has 2 saturated heterocycles. The zero-order valence-corrected chi connectivity index (χ0v) is 46.3. The first kappa shape index (κ1) is 65.2. The van der Waals surface area contributed by atoms with Crippen molar-refractivity contribution in [1.29, 1.82) is 0 Å². The van der Waals surface area contributed by atoms with Gasteiger partial charge in [-0.2, -0.15) is 0 Å². The predicted molar refractivity (Wildman–Crippen MR) is 280 cm³/mol. The topological polar surface area (TPSA) is 191 Å². The van der Waals surface area contributed by atoms with Crippen molar-refractivity contribution in [2.24, 2.45) is 11.8 Å². The van der Waals surface area contributed by atoms with Crippen molar-refractivity contribution in [2.45, 2.75) is 251 Å². The van der Waals surface area contributed by atoms with Crippen LogP contribution in [-0.4, -0.2) is 130 Å². The Labute approximate surface area is 440 Å². The zero-order chi connectivity index (χ0) is 53.3. The number of ether oxygens (including phenoxy) is 7. The third-order valence-electron chi connectivity index (χ3n) is 13.7. The molecule has 0 aromatic carbocycles. The van der Waals surface area contributed by atoms with Gasteiger partial charge in [0.25, 0.3) is 0 Å². The van der Waals surface area contributed by atoms with E-state index >= 15 is 0 Å². The van der Waals surface area contributed by atoms with Crippen molar-refractivity contribution in [1.82, 2.24) is 9.80 Å². The summed E-state index contributed by atoms with van der Waals surface area (Å²) >= 11 is 0. The molecule has 422 valence electrons. The average molecular weight is 1040 g/mol. The predicted octanol–water partition coefficient (Wildman–Crippen LogP) is 11.5. The van der Waals surface area contributed by atoms with Crippen LogP contribution in [0.2, 0.25) is 0 Å². The van der Waals surface area contributed by atoms with Crippen LogP contribution in [0.1, 0.15) is 233 Å². The Morgan fingerprint density at radius 3 is 1.16 bits per heavy atom. The third kappa shape index (κ3) is 33.6. The molecule has 2 aliphatic rings. The van der Waals surface area contributed by atoms with Gasteiger partial charge in [-0.25, -0.2) is 4.79 Å². The van der Waals surface area contributed by atoms with Crippen molar-refractivity contribution in [3.8, 4) is 0 Å². The summed E-state index contributed by atoms with van der Waals surface area (Å²) in [4.78, 5) is 95.2. The van der Waals surface area contributed by atoms with Crippen LogP contribution < -0.4 is 0 Å². The van der Waals surface area contributed by atoms with Crippen molar-refractivity contribution < 1.29 is 66.7 Å². The number of carbonyl (C=O) groups is 7. The fourth-order valence-corrected chi connectivity index (χ4v) is 9.16. The highest BCUT2D eigenvalue weighted by molar-refractivity contribution is 5.73. The number of rotatable bonds is 44. The van der Waals surface area contributed by atoms with Crippen LogP contribution >= 0.6 is 0 Å². The maximum absolute atomic E-state index is 13.7. The lowest BCUT2D eigenvalue weighted by molar-refractivity contribution is -0.157. The Kier molecular flexibility index (Phi) is 37.8. The highest BCUT2D eigenvalue weighted by atomic mass is 16.6. The fourth-order valence-electron chi connectivity index (χ4n) is 9.16. The molecule has 2 fully saturated rings. The average Bonchev–Trinajstić information content (AvgIpc) is 3.98. The summed E-state index contributed by atoms with van der Waals surface area (Å²) in [6, 6.07) is -0.696. The molecule has 16 heteroatoms. The van der Waals surface area contributed by atoms with E-state index in [1.807, 2.05) is 7.05 Å². The smallest absolute Gasteiger partial charge is 0.410 e. The minimum Gasteiger partial charge on any atom is -0.465 e. The quantitative estimate of drug-likeness (QED) is 0.0318. The Morgan fingerprint density at radius 2 is 0.795 bits per heavy atom. The Morgan fingerprint density at radius 1 is 0.425 bits per heavy atom. The summed E-state index contributed by atoms with van der Waals surface area (Å²) in [5.74, 6) is -4.03. The number of likely N-dealkylation sites (N-methyl/N-ethyl adjacent to an activating group) is 1. The van der Waals surface area contributed by atoms with E-state index in [0.717, 1.165) is 135 Å². The Balaban J connectivity index is 2.10. The second-order valence-corrected chi connectivity index (χ2v) is 20.8. The standard InChI is InChI=1S/C57H100N2O14/c1-6-10-14-18-22-26-30-51(60)67-41-46(42-68-52(61)31-27-23-19-15-11-7-2)36-55(64)71-45-48-38-50(40-59(48)57(66)73-49-34-35-58(5)39-49)72-56(65)37-47(43-69-53(62)32-28-24-20-16-12-8-3)44-70-54(63)33-29-25-21-17-13-9-4/h46-50H,6-45H2,1-5H3/t48-,49?,50+/m0/s1. The number of likely N-dealkylation sites (tertiary alicyclic amines) is 2. The van der Waals surface area contributed by atoms with E-state index < -0.39 is 42.0 Å². The van der Waals surface area contributed by atoms with Gasteiger partial charge in [0, 0.05) is 57.0 Å². The molecule has 0 radical (unpaired) electrons. The van der Waals surface area contributed by atoms with Crippen molar-refractivity contribution in [3.05, 3.63) is 0 Å². The minimum atomic E-state index is -0.772. The summed E-state index contributed by atoms with van der Waals surface area (Å²) in [5.41, 5.74) is 0. The molecule has 0 aliphatic carbocycles. The number of hydrogen-bond donors (Lipinski definition) is 0. The summed E-state index contributed by atoms with van der Waals surface area (Å²) in [6.07, 6.45) is 24.2. The summed E-state index contributed by atoms with van der Waals surface area (Å²) in [7, 11) is 1.95. The van der Waals surface area contributed by atoms with Gasteiger partial charge < -0.3 is 38.1 Å². The molecule has 73 heavy (non-hydrogen) atoms. The van der Waals surface area contributed by atoms with Crippen LogP contribution in [0.4, 0.5) is 4.79 Å². The maximum Gasteiger partial charge on any atom is 0.410 e. The number of esters is 6. The third-order valence-corrected chi connectivity index (χ3v) is 13.7. The Bertz CT molecular complexity index is 1460. The summed E-state index contributed by atoms with van der Waals surface area (Å²) < 4.78 is 40.0. The summed E-state index contributed by atoms with van der Waals surface area (Å²) in [5, 5.41) is 0. The van der Waals surface area contributed by atoms with E-state index in [-0.39, 0.29) is 115 Å². The van der Waals surface area contributed by atoms with Crippen LogP contribution in [-0.2, 0) is 61.9 Å². The van der Waals surface area contributed by atoms with Crippen molar-refractivity contribution >= 4 is 41.9 Å². The fraction of sp³-hybridized carbons (Fsp3) is 0.877. The van der Waals surface area contributed by atoms with Gasteiger partial charge in [0.15, 0.2) is 0 Å². The van der Waals surface area contributed by atoms with Crippen LogP contribution in [0.25, 0.3) is 0 Å². The molecule has 2 aliphatic heterocycles. The highest BCUT2D eigenvalue weighted by Crippen LogP contribution is 2.25. The van der Waals surface area contributed by atoms with Crippen LogP contribution in [0.15, 0.2) is 0 Å². The lowest BCUT2D eigenvalue weighted by atomic mass is 10.1. The maximum atomic E-state index is 13.7. The van der Waals surface area contributed by atoms with Gasteiger partial charge in [0.05, 0.1) is 51.9 Å². The zero-order valence-electron chi connectivity index (χ0n) is 46.3. The van der Waals surface area contributed by atoms with Gasteiger partial charge in [-0.1, -0.05) is 156 Å². The number of unbranched alkanes of at least 4 members (excludes halogenated alkanes) is 20. The van der Waals surface area contributed by atoms with E-state index in [1.54, 1.807) is 0 Å². The summed E-state index contributed by atoms with van der Waals surface area (Å²) in [6.45, 7) is 9.24. The number of hydrogen-bond acceptors (Lipinski definition) is 15. The second kappa shape index (κ2) is 42.3. The molecule has 1 unspecified atom stereocenters. The van der Waals surface area contributed by atoms with E-state index in [4.69, 9.17) is 33.2 Å².